The Balaban J connectivity index is 1.58. The summed E-state index contributed by atoms with van der Waals surface area (Å²) in [6, 6.07) is 0. The summed E-state index contributed by atoms with van der Waals surface area (Å²) in [7, 11) is 1.76. The van der Waals surface area contributed by atoms with Crippen LogP contribution in [-0.2, 0) is 11.8 Å². The highest BCUT2D eigenvalue weighted by molar-refractivity contribution is 6.32. The minimum absolute atomic E-state index is 0.0717. The molecule has 4 nitrogen and oxygen atoms in total. The standard InChI is InChI=1S/C13H18ClN3O/c1-17-13(14)11(7-15-17)16-12(18)6-10-5-8-2-3-9(10)4-8/h7-10H,2-6H2,1H3,(H,16,18). The van der Waals surface area contributed by atoms with E-state index in [2.05, 4.69) is 10.4 Å². The van der Waals surface area contributed by atoms with Crippen molar-refractivity contribution in [1.29, 1.82) is 0 Å². The molecule has 5 heteroatoms. The average molecular weight is 268 g/mol. The van der Waals surface area contributed by atoms with Gasteiger partial charge in [-0.3, -0.25) is 9.48 Å². The van der Waals surface area contributed by atoms with E-state index in [4.69, 9.17) is 11.6 Å². The summed E-state index contributed by atoms with van der Waals surface area (Å²) in [4.78, 5) is 12.0. The van der Waals surface area contributed by atoms with E-state index in [1.165, 1.54) is 25.7 Å². The number of anilines is 1. The van der Waals surface area contributed by atoms with Crippen LogP contribution in [0, 0.1) is 17.8 Å². The summed E-state index contributed by atoms with van der Waals surface area (Å²) in [5.74, 6) is 2.32. The lowest BCUT2D eigenvalue weighted by molar-refractivity contribution is -0.117. The van der Waals surface area contributed by atoms with Crippen molar-refractivity contribution in [2.45, 2.75) is 32.1 Å². The number of nitrogens with zero attached hydrogens (tertiary/aromatic N) is 2. The Labute approximate surface area is 112 Å². The lowest BCUT2D eigenvalue weighted by atomic mass is 9.86. The van der Waals surface area contributed by atoms with E-state index in [1.54, 1.807) is 17.9 Å². The molecule has 0 saturated heterocycles. The van der Waals surface area contributed by atoms with E-state index in [1.807, 2.05) is 0 Å². The van der Waals surface area contributed by atoms with Gasteiger partial charge in [0.25, 0.3) is 0 Å². The van der Waals surface area contributed by atoms with Gasteiger partial charge >= 0.3 is 0 Å². The molecule has 2 bridgehead atoms. The molecule has 1 heterocycles. The third kappa shape index (κ3) is 2.14. The van der Waals surface area contributed by atoms with Crippen LogP contribution in [0.15, 0.2) is 6.20 Å². The van der Waals surface area contributed by atoms with Gasteiger partial charge in [-0.25, -0.2) is 0 Å². The zero-order valence-electron chi connectivity index (χ0n) is 10.5. The smallest absolute Gasteiger partial charge is 0.224 e. The van der Waals surface area contributed by atoms with Crippen LogP contribution in [0.1, 0.15) is 32.1 Å². The highest BCUT2D eigenvalue weighted by atomic mass is 35.5. The SMILES string of the molecule is Cn1ncc(NC(=O)CC2CC3CCC2C3)c1Cl. The van der Waals surface area contributed by atoms with E-state index in [9.17, 15) is 4.79 Å². The number of nitrogens with one attached hydrogen (secondary N) is 1. The van der Waals surface area contributed by atoms with Gasteiger partial charge in [0.15, 0.2) is 0 Å². The summed E-state index contributed by atoms with van der Waals surface area (Å²) >= 11 is 6.02. The van der Waals surface area contributed by atoms with E-state index in [0.29, 0.717) is 23.2 Å². The van der Waals surface area contributed by atoms with Crippen LogP contribution in [0.3, 0.4) is 0 Å². The zero-order chi connectivity index (χ0) is 12.7. The highest BCUT2D eigenvalue weighted by Crippen LogP contribution is 2.49. The minimum atomic E-state index is 0.0717. The van der Waals surface area contributed by atoms with Crippen molar-refractivity contribution in [1.82, 2.24) is 9.78 Å². The average Bonchev–Trinajstić information content (AvgIpc) is 3.01. The largest absolute Gasteiger partial charge is 0.322 e. The molecular weight excluding hydrogens is 250 g/mol. The van der Waals surface area contributed by atoms with Gasteiger partial charge in [-0.2, -0.15) is 5.10 Å². The molecule has 2 aliphatic rings. The Bertz CT molecular complexity index is 471. The molecule has 3 rings (SSSR count). The van der Waals surface area contributed by atoms with Crippen molar-refractivity contribution in [3.8, 4) is 0 Å². The van der Waals surface area contributed by atoms with E-state index < -0.39 is 0 Å². The van der Waals surface area contributed by atoms with Gasteiger partial charge in [-0.05, 0) is 37.0 Å². The number of carbonyl (C=O) groups excluding carboxylic acids is 1. The summed E-state index contributed by atoms with van der Waals surface area (Å²) in [5.41, 5.74) is 0.618. The van der Waals surface area contributed by atoms with Gasteiger partial charge in [0.05, 0.1) is 11.9 Å². The Morgan fingerprint density at radius 3 is 2.94 bits per heavy atom. The molecule has 0 radical (unpaired) electrons. The van der Waals surface area contributed by atoms with Crippen molar-refractivity contribution in [3.05, 3.63) is 11.3 Å². The number of carbonyl (C=O) groups is 1. The number of aromatic nitrogens is 2. The number of halogens is 1. The van der Waals surface area contributed by atoms with Gasteiger partial charge in [-0.15, -0.1) is 0 Å². The van der Waals surface area contributed by atoms with Gasteiger partial charge in [0.2, 0.25) is 5.91 Å². The molecule has 1 aromatic rings. The maximum atomic E-state index is 12.0. The topological polar surface area (TPSA) is 46.9 Å². The van der Waals surface area contributed by atoms with Gasteiger partial charge in [-0.1, -0.05) is 18.0 Å². The molecule has 0 spiro atoms. The minimum Gasteiger partial charge on any atom is -0.322 e. The lowest BCUT2D eigenvalue weighted by Crippen LogP contribution is -2.20. The van der Waals surface area contributed by atoms with E-state index in [-0.39, 0.29) is 5.91 Å². The first-order chi connectivity index (χ1) is 8.63. The monoisotopic (exact) mass is 267 g/mol. The second-order valence-corrected chi connectivity index (χ2v) is 6.02. The van der Waals surface area contributed by atoms with Crippen molar-refractivity contribution in [2.24, 2.45) is 24.8 Å². The fourth-order valence-electron chi connectivity index (χ4n) is 3.57. The zero-order valence-corrected chi connectivity index (χ0v) is 11.3. The third-order valence-electron chi connectivity index (χ3n) is 4.47. The Kier molecular flexibility index (Phi) is 3.06. The molecule has 1 aromatic heterocycles. The number of amides is 1. The van der Waals surface area contributed by atoms with Crippen LogP contribution in [0.5, 0.6) is 0 Å². The number of hydrogen-bond acceptors (Lipinski definition) is 2. The molecule has 3 unspecified atom stereocenters. The Morgan fingerprint density at radius 2 is 2.39 bits per heavy atom. The summed E-state index contributed by atoms with van der Waals surface area (Å²) in [6.07, 6.45) is 7.49. The van der Waals surface area contributed by atoms with Crippen LogP contribution in [-0.4, -0.2) is 15.7 Å². The van der Waals surface area contributed by atoms with Crippen LogP contribution in [0.25, 0.3) is 0 Å². The number of hydrogen-bond donors (Lipinski definition) is 1. The maximum absolute atomic E-state index is 12.0. The predicted octanol–water partition coefficient (Wildman–Crippen LogP) is 2.84. The highest BCUT2D eigenvalue weighted by Gasteiger charge is 2.40. The molecule has 2 saturated carbocycles. The molecule has 1 amide bonds. The lowest BCUT2D eigenvalue weighted by Gasteiger charge is -2.20. The van der Waals surface area contributed by atoms with Crippen molar-refractivity contribution >= 4 is 23.2 Å². The normalized spacial score (nSPS) is 29.8. The Hall–Kier alpha value is -1.03. The first-order valence-corrected chi connectivity index (χ1v) is 6.98. The molecular formula is C13H18ClN3O. The number of fused-ring (bicyclic) bond motifs is 2. The summed E-state index contributed by atoms with van der Waals surface area (Å²) in [6.45, 7) is 0. The molecule has 0 aromatic carbocycles. The molecule has 3 atom stereocenters. The summed E-state index contributed by atoms with van der Waals surface area (Å²) < 4.78 is 1.55. The molecule has 0 aliphatic heterocycles. The van der Waals surface area contributed by atoms with Crippen LogP contribution in [0.4, 0.5) is 5.69 Å². The predicted molar refractivity (Wildman–Crippen MR) is 70.4 cm³/mol. The van der Waals surface area contributed by atoms with Gasteiger partial charge in [0, 0.05) is 13.5 Å². The fraction of sp³-hybridized carbons (Fsp3) is 0.692. The van der Waals surface area contributed by atoms with Crippen molar-refractivity contribution in [3.63, 3.8) is 0 Å². The first-order valence-electron chi connectivity index (χ1n) is 6.61. The van der Waals surface area contributed by atoms with Crippen LogP contribution in [0.2, 0.25) is 5.15 Å². The van der Waals surface area contributed by atoms with E-state index >= 15 is 0 Å². The second-order valence-electron chi connectivity index (χ2n) is 5.66. The van der Waals surface area contributed by atoms with Crippen molar-refractivity contribution in [2.75, 3.05) is 5.32 Å². The van der Waals surface area contributed by atoms with Gasteiger partial charge in [0.1, 0.15) is 5.15 Å². The Morgan fingerprint density at radius 1 is 1.56 bits per heavy atom. The molecule has 1 N–H and O–H groups in total. The van der Waals surface area contributed by atoms with Gasteiger partial charge < -0.3 is 5.32 Å². The number of rotatable bonds is 3. The van der Waals surface area contributed by atoms with Crippen LogP contribution < -0.4 is 5.32 Å². The van der Waals surface area contributed by atoms with Crippen molar-refractivity contribution < 1.29 is 4.79 Å². The molecule has 18 heavy (non-hydrogen) atoms. The summed E-state index contributed by atoms with van der Waals surface area (Å²) in [5, 5.41) is 7.36. The molecule has 2 aliphatic carbocycles. The molecule has 98 valence electrons. The van der Waals surface area contributed by atoms with Crippen LogP contribution >= 0.6 is 11.6 Å². The quantitative estimate of drug-likeness (QED) is 0.915. The first kappa shape index (κ1) is 12.0. The number of aryl methyl sites for hydroxylation is 1. The fourth-order valence-corrected chi connectivity index (χ4v) is 3.71. The second kappa shape index (κ2) is 4.57. The molecule has 2 fully saturated rings. The van der Waals surface area contributed by atoms with E-state index in [0.717, 1.165) is 11.8 Å². The maximum Gasteiger partial charge on any atom is 0.224 e. The third-order valence-corrected chi connectivity index (χ3v) is 4.92.